The van der Waals surface area contributed by atoms with Crippen LogP contribution >= 0.6 is 0 Å². The second-order valence-corrected chi connectivity index (χ2v) is 6.05. The molecule has 0 aromatic heterocycles. The molecular formula is C15H33N. The highest BCUT2D eigenvalue weighted by Gasteiger charge is 2.23. The first kappa shape index (κ1) is 16.0. The van der Waals surface area contributed by atoms with Gasteiger partial charge in [0.2, 0.25) is 0 Å². The SMILES string of the molecule is CCCCCC(C)NCC(C)C(C)(C)CC. The topological polar surface area (TPSA) is 12.0 Å². The van der Waals surface area contributed by atoms with Crippen LogP contribution in [0.5, 0.6) is 0 Å². The Balaban J connectivity index is 3.70. The average molecular weight is 227 g/mol. The van der Waals surface area contributed by atoms with Crippen molar-refractivity contribution in [2.45, 2.75) is 79.7 Å². The summed E-state index contributed by atoms with van der Waals surface area (Å²) in [6, 6.07) is 0.682. The van der Waals surface area contributed by atoms with Gasteiger partial charge in [0.15, 0.2) is 0 Å². The summed E-state index contributed by atoms with van der Waals surface area (Å²) in [5.41, 5.74) is 0.468. The fourth-order valence-electron chi connectivity index (χ4n) is 1.81. The fraction of sp³-hybridized carbons (Fsp3) is 1.00. The van der Waals surface area contributed by atoms with Gasteiger partial charge >= 0.3 is 0 Å². The zero-order valence-corrected chi connectivity index (χ0v) is 12.4. The molecule has 0 saturated heterocycles. The van der Waals surface area contributed by atoms with Crippen molar-refractivity contribution < 1.29 is 0 Å². The molecular weight excluding hydrogens is 194 g/mol. The highest BCUT2D eigenvalue weighted by atomic mass is 14.9. The molecule has 0 aliphatic rings. The molecule has 2 unspecified atom stereocenters. The van der Waals surface area contributed by atoms with Gasteiger partial charge in [0.25, 0.3) is 0 Å². The quantitative estimate of drug-likeness (QED) is 0.567. The van der Waals surface area contributed by atoms with Crippen molar-refractivity contribution >= 4 is 0 Å². The molecule has 1 nitrogen and oxygen atoms in total. The summed E-state index contributed by atoms with van der Waals surface area (Å²) in [6.07, 6.45) is 6.66. The van der Waals surface area contributed by atoms with Crippen molar-refractivity contribution in [1.29, 1.82) is 0 Å². The zero-order chi connectivity index (χ0) is 12.6. The molecule has 0 amide bonds. The molecule has 0 saturated carbocycles. The van der Waals surface area contributed by atoms with E-state index in [0.29, 0.717) is 11.5 Å². The number of hydrogen-bond acceptors (Lipinski definition) is 1. The number of rotatable bonds is 9. The fourth-order valence-corrected chi connectivity index (χ4v) is 1.81. The molecule has 0 fully saturated rings. The molecule has 0 aliphatic heterocycles. The third-order valence-electron chi connectivity index (χ3n) is 4.26. The Bertz CT molecular complexity index is 163. The van der Waals surface area contributed by atoms with Gasteiger partial charge in [-0.3, -0.25) is 0 Å². The van der Waals surface area contributed by atoms with E-state index < -0.39 is 0 Å². The van der Waals surface area contributed by atoms with Crippen LogP contribution in [0.1, 0.15) is 73.6 Å². The van der Waals surface area contributed by atoms with E-state index in [9.17, 15) is 0 Å². The van der Waals surface area contributed by atoms with E-state index in [0.717, 1.165) is 12.5 Å². The lowest BCUT2D eigenvalue weighted by Crippen LogP contribution is -2.35. The molecule has 0 aliphatic carbocycles. The maximum absolute atomic E-state index is 3.68. The third kappa shape index (κ3) is 6.52. The normalized spacial score (nSPS) is 16.1. The number of hydrogen-bond donors (Lipinski definition) is 1. The molecule has 98 valence electrons. The van der Waals surface area contributed by atoms with Gasteiger partial charge in [-0.15, -0.1) is 0 Å². The minimum Gasteiger partial charge on any atom is -0.314 e. The minimum atomic E-state index is 0.468. The Morgan fingerprint density at radius 1 is 1.06 bits per heavy atom. The van der Waals surface area contributed by atoms with Gasteiger partial charge in [0, 0.05) is 6.04 Å². The van der Waals surface area contributed by atoms with Gasteiger partial charge in [-0.2, -0.15) is 0 Å². The van der Waals surface area contributed by atoms with Gasteiger partial charge in [-0.05, 0) is 31.2 Å². The Labute approximate surface area is 103 Å². The monoisotopic (exact) mass is 227 g/mol. The smallest absolute Gasteiger partial charge is 0.00388 e. The molecule has 1 heteroatoms. The lowest BCUT2D eigenvalue weighted by molar-refractivity contribution is 0.209. The van der Waals surface area contributed by atoms with E-state index in [1.54, 1.807) is 0 Å². The van der Waals surface area contributed by atoms with E-state index >= 15 is 0 Å². The van der Waals surface area contributed by atoms with Crippen molar-refractivity contribution in [2.24, 2.45) is 11.3 Å². The second kappa shape index (κ2) is 8.11. The molecule has 2 atom stereocenters. The summed E-state index contributed by atoms with van der Waals surface area (Å²) >= 11 is 0. The maximum atomic E-state index is 3.68. The standard InChI is InChI=1S/C15H33N/c1-7-9-10-11-14(4)16-12-13(3)15(5,6)8-2/h13-14,16H,7-12H2,1-6H3. The molecule has 0 rings (SSSR count). The Hall–Kier alpha value is -0.0400. The molecule has 0 aromatic rings. The minimum absolute atomic E-state index is 0.468. The number of unbranched alkanes of at least 4 members (excludes halogenated alkanes) is 2. The van der Waals surface area contributed by atoms with E-state index in [2.05, 4.69) is 46.9 Å². The molecule has 0 spiro atoms. The average Bonchev–Trinajstić information content (AvgIpc) is 2.26. The number of nitrogens with one attached hydrogen (secondary N) is 1. The Morgan fingerprint density at radius 3 is 2.19 bits per heavy atom. The molecule has 16 heavy (non-hydrogen) atoms. The van der Waals surface area contributed by atoms with Gasteiger partial charge in [0.05, 0.1) is 0 Å². The van der Waals surface area contributed by atoms with Crippen LogP contribution in [0.2, 0.25) is 0 Å². The lowest BCUT2D eigenvalue weighted by atomic mass is 9.78. The first-order valence-corrected chi connectivity index (χ1v) is 7.17. The van der Waals surface area contributed by atoms with Crippen LogP contribution in [0.15, 0.2) is 0 Å². The van der Waals surface area contributed by atoms with Gasteiger partial charge < -0.3 is 5.32 Å². The van der Waals surface area contributed by atoms with E-state index in [4.69, 9.17) is 0 Å². The van der Waals surface area contributed by atoms with Crippen molar-refractivity contribution in [3.05, 3.63) is 0 Å². The lowest BCUT2D eigenvalue weighted by Gasteiger charge is -2.31. The Kier molecular flexibility index (Phi) is 8.09. The van der Waals surface area contributed by atoms with Gasteiger partial charge in [-0.1, -0.05) is 60.3 Å². The molecule has 0 heterocycles. The van der Waals surface area contributed by atoms with Crippen LogP contribution < -0.4 is 5.32 Å². The van der Waals surface area contributed by atoms with Crippen LogP contribution in [0, 0.1) is 11.3 Å². The van der Waals surface area contributed by atoms with Crippen molar-refractivity contribution in [2.75, 3.05) is 6.54 Å². The summed E-state index contributed by atoms with van der Waals surface area (Å²) in [6.45, 7) is 15.2. The zero-order valence-electron chi connectivity index (χ0n) is 12.4. The predicted octanol–water partition coefficient (Wildman–Crippen LogP) is 4.62. The largest absolute Gasteiger partial charge is 0.314 e. The maximum Gasteiger partial charge on any atom is 0.00388 e. The summed E-state index contributed by atoms with van der Waals surface area (Å²) in [7, 11) is 0. The van der Waals surface area contributed by atoms with E-state index in [1.165, 1.54) is 32.1 Å². The Morgan fingerprint density at radius 2 is 1.69 bits per heavy atom. The van der Waals surface area contributed by atoms with E-state index in [-0.39, 0.29) is 0 Å². The van der Waals surface area contributed by atoms with Crippen LogP contribution in [-0.2, 0) is 0 Å². The van der Waals surface area contributed by atoms with Crippen LogP contribution in [0.25, 0.3) is 0 Å². The van der Waals surface area contributed by atoms with E-state index in [1.807, 2.05) is 0 Å². The van der Waals surface area contributed by atoms with Crippen molar-refractivity contribution in [3.63, 3.8) is 0 Å². The summed E-state index contributed by atoms with van der Waals surface area (Å²) in [4.78, 5) is 0. The highest BCUT2D eigenvalue weighted by molar-refractivity contribution is 4.76. The first-order chi connectivity index (χ1) is 7.44. The molecule has 0 aromatic carbocycles. The summed E-state index contributed by atoms with van der Waals surface area (Å²) in [5, 5.41) is 3.68. The van der Waals surface area contributed by atoms with Crippen LogP contribution in [-0.4, -0.2) is 12.6 Å². The summed E-state index contributed by atoms with van der Waals surface area (Å²) in [5.74, 6) is 0.756. The third-order valence-corrected chi connectivity index (χ3v) is 4.26. The second-order valence-electron chi connectivity index (χ2n) is 6.05. The van der Waals surface area contributed by atoms with Crippen LogP contribution in [0.3, 0.4) is 0 Å². The first-order valence-electron chi connectivity index (χ1n) is 7.17. The highest BCUT2D eigenvalue weighted by Crippen LogP contribution is 2.29. The van der Waals surface area contributed by atoms with Gasteiger partial charge in [-0.25, -0.2) is 0 Å². The molecule has 0 bridgehead atoms. The predicted molar refractivity (Wildman–Crippen MR) is 74.8 cm³/mol. The van der Waals surface area contributed by atoms with Crippen LogP contribution in [0.4, 0.5) is 0 Å². The summed E-state index contributed by atoms with van der Waals surface area (Å²) < 4.78 is 0. The van der Waals surface area contributed by atoms with Gasteiger partial charge in [0.1, 0.15) is 0 Å². The van der Waals surface area contributed by atoms with Crippen molar-refractivity contribution in [3.8, 4) is 0 Å². The molecule has 1 N–H and O–H groups in total. The van der Waals surface area contributed by atoms with Crippen molar-refractivity contribution in [1.82, 2.24) is 5.32 Å². The molecule has 0 radical (unpaired) electrons.